The summed E-state index contributed by atoms with van der Waals surface area (Å²) in [6, 6.07) is 0. The molecule has 0 N–H and O–H groups in total. The molecule has 0 radical (unpaired) electrons. The van der Waals surface area contributed by atoms with Crippen LogP contribution in [0.4, 0.5) is 4.79 Å². The molecule has 0 spiro atoms. The number of thioether (sulfide) groups is 1. The first-order valence-electron chi connectivity index (χ1n) is 7.37. The van der Waals surface area contributed by atoms with Crippen molar-refractivity contribution in [3.05, 3.63) is 18.2 Å². The summed E-state index contributed by atoms with van der Waals surface area (Å²) in [5, 5.41) is 0. The van der Waals surface area contributed by atoms with Crippen molar-refractivity contribution < 1.29 is 9.53 Å². The molecular weight excluding hydrogens is 286 g/mol. The lowest BCUT2D eigenvalue weighted by Gasteiger charge is -2.24. The lowest BCUT2D eigenvalue weighted by Crippen LogP contribution is -2.35. The van der Waals surface area contributed by atoms with Crippen LogP contribution in [0.5, 0.6) is 0 Å². The molecule has 1 amide bonds. The Balaban J connectivity index is 1.96. The molecule has 118 valence electrons. The summed E-state index contributed by atoms with van der Waals surface area (Å²) in [4.78, 5) is 18.2. The first kappa shape index (κ1) is 16.2. The molecule has 5 nitrogen and oxygen atoms in total. The number of hydrogen-bond donors (Lipinski definition) is 0. The highest BCUT2D eigenvalue weighted by Crippen LogP contribution is 2.28. The zero-order chi connectivity index (χ0) is 15.5. The van der Waals surface area contributed by atoms with E-state index in [9.17, 15) is 4.79 Å². The average Bonchev–Trinajstić information content (AvgIpc) is 3.02. The molecule has 1 aliphatic heterocycles. The Hall–Kier alpha value is -1.17. The van der Waals surface area contributed by atoms with E-state index in [2.05, 4.69) is 15.8 Å². The molecular formula is C15H25N3O2S. The quantitative estimate of drug-likeness (QED) is 0.857. The lowest BCUT2D eigenvalue weighted by atomic mass is 10.1. The fraction of sp³-hybridized carbons (Fsp3) is 0.733. The minimum Gasteiger partial charge on any atom is -0.444 e. The number of carbonyl (C=O) groups excluding carboxylic acids is 1. The lowest BCUT2D eigenvalue weighted by molar-refractivity contribution is 0.0292. The Morgan fingerprint density at radius 3 is 2.95 bits per heavy atom. The van der Waals surface area contributed by atoms with E-state index in [0.717, 1.165) is 31.8 Å². The van der Waals surface area contributed by atoms with Gasteiger partial charge in [-0.25, -0.2) is 9.78 Å². The molecule has 1 aromatic heterocycles. The van der Waals surface area contributed by atoms with Crippen molar-refractivity contribution in [2.45, 2.75) is 45.3 Å². The average molecular weight is 311 g/mol. The van der Waals surface area contributed by atoms with Gasteiger partial charge in [-0.1, -0.05) is 0 Å². The number of rotatable bonds is 4. The van der Waals surface area contributed by atoms with Gasteiger partial charge in [0, 0.05) is 43.2 Å². The highest BCUT2D eigenvalue weighted by atomic mass is 32.2. The largest absolute Gasteiger partial charge is 0.444 e. The molecule has 6 heteroatoms. The van der Waals surface area contributed by atoms with Crippen LogP contribution in [0.1, 0.15) is 38.8 Å². The normalized spacial score (nSPS) is 19.0. The van der Waals surface area contributed by atoms with Crippen LogP contribution >= 0.6 is 11.8 Å². The zero-order valence-corrected chi connectivity index (χ0v) is 14.2. The van der Waals surface area contributed by atoms with Crippen LogP contribution in [0.15, 0.2) is 12.5 Å². The number of imidazole rings is 1. The molecule has 1 saturated heterocycles. The Kier molecular flexibility index (Phi) is 5.19. The van der Waals surface area contributed by atoms with Gasteiger partial charge in [0.25, 0.3) is 0 Å². The first-order valence-corrected chi connectivity index (χ1v) is 8.77. The molecule has 1 fully saturated rings. The summed E-state index contributed by atoms with van der Waals surface area (Å²) in [7, 11) is 0. The van der Waals surface area contributed by atoms with E-state index in [4.69, 9.17) is 4.74 Å². The summed E-state index contributed by atoms with van der Waals surface area (Å²) in [5.41, 5.74) is 0.796. The molecule has 0 saturated carbocycles. The summed E-state index contributed by atoms with van der Waals surface area (Å²) < 4.78 is 7.65. The number of hydrogen-bond acceptors (Lipinski definition) is 4. The fourth-order valence-corrected chi connectivity index (χ4v) is 2.92. The van der Waals surface area contributed by atoms with E-state index in [-0.39, 0.29) is 6.09 Å². The van der Waals surface area contributed by atoms with Gasteiger partial charge in [0.1, 0.15) is 5.60 Å². The molecule has 1 atom stereocenters. The predicted octanol–water partition coefficient (Wildman–Crippen LogP) is 2.97. The maximum atomic E-state index is 12.1. The summed E-state index contributed by atoms with van der Waals surface area (Å²) in [6.45, 7) is 8.15. The second-order valence-electron chi connectivity index (χ2n) is 6.42. The molecule has 2 rings (SSSR count). The molecule has 0 bridgehead atoms. The van der Waals surface area contributed by atoms with E-state index in [1.807, 2.05) is 50.0 Å². The number of likely N-dealkylation sites (tertiary alicyclic amines) is 1. The van der Waals surface area contributed by atoms with Crippen LogP contribution in [0.25, 0.3) is 0 Å². The second-order valence-corrected chi connectivity index (χ2v) is 7.40. The smallest absolute Gasteiger partial charge is 0.410 e. The standard InChI is InChI=1S/C15H25N3O2S/c1-15(2,3)20-14(19)17-6-5-12(10-17)13-9-16-11-18(13)7-8-21-4/h9,11-12H,5-8,10H2,1-4H3. The Morgan fingerprint density at radius 1 is 1.52 bits per heavy atom. The maximum Gasteiger partial charge on any atom is 0.410 e. The van der Waals surface area contributed by atoms with E-state index < -0.39 is 5.60 Å². The van der Waals surface area contributed by atoms with Gasteiger partial charge < -0.3 is 14.2 Å². The SMILES string of the molecule is CSCCn1cncc1C1CCN(C(=O)OC(C)(C)C)C1. The van der Waals surface area contributed by atoms with Crippen molar-refractivity contribution >= 4 is 17.9 Å². The first-order chi connectivity index (χ1) is 9.90. The summed E-state index contributed by atoms with van der Waals surface area (Å²) in [6.07, 6.45) is 6.70. The monoisotopic (exact) mass is 311 g/mol. The van der Waals surface area contributed by atoms with E-state index in [1.165, 1.54) is 5.69 Å². The minimum atomic E-state index is -0.435. The third kappa shape index (κ3) is 4.40. The zero-order valence-electron chi connectivity index (χ0n) is 13.3. The van der Waals surface area contributed by atoms with Crippen molar-refractivity contribution in [1.29, 1.82) is 0 Å². The Bertz CT molecular complexity index is 482. The van der Waals surface area contributed by atoms with Gasteiger partial charge in [-0.3, -0.25) is 0 Å². The number of nitrogens with zero attached hydrogens (tertiary/aromatic N) is 3. The number of aryl methyl sites for hydroxylation is 1. The van der Waals surface area contributed by atoms with Crippen molar-refractivity contribution in [2.24, 2.45) is 0 Å². The summed E-state index contributed by atoms with van der Waals surface area (Å²) in [5.74, 6) is 1.44. The van der Waals surface area contributed by atoms with Crippen LogP contribution < -0.4 is 0 Å². The van der Waals surface area contributed by atoms with E-state index >= 15 is 0 Å². The van der Waals surface area contributed by atoms with Gasteiger partial charge in [-0.2, -0.15) is 11.8 Å². The molecule has 2 heterocycles. The van der Waals surface area contributed by atoms with Crippen molar-refractivity contribution in [1.82, 2.24) is 14.5 Å². The third-order valence-electron chi connectivity index (χ3n) is 3.54. The minimum absolute atomic E-state index is 0.208. The summed E-state index contributed by atoms with van der Waals surface area (Å²) >= 11 is 1.83. The third-order valence-corrected chi connectivity index (χ3v) is 4.13. The second kappa shape index (κ2) is 6.73. The van der Waals surface area contributed by atoms with Crippen LogP contribution in [-0.4, -0.2) is 51.2 Å². The van der Waals surface area contributed by atoms with Crippen molar-refractivity contribution in [2.75, 3.05) is 25.1 Å². The molecule has 21 heavy (non-hydrogen) atoms. The number of carbonyl (C=O) groups is 1. The molecule has 1 aromatic rings. The Labute approximate surface area is 131 Å². The number of aromatic nitrogens is 2. The van der Waals surface area contributed by atoms with E-state index in [0.29, 0.717) is 5.92 Å². The van der Waals surface area contributed by atoms with Gasteiger partial charge >= 0.3 is 6.09 Å². The van der Waals surface area contributed by atoms with Crippen LogP contribution in [0, 0.1) is 0 Å². The van der Waals surface area contributed by atoms with Crippen molar-refractivity contribution in [3.8, 4) is 0 Å². The highest BCUT2D eigenvalue weighted by Gasteiger charge is 2.31. The van der Waals surface area contributed by atoms with Crippen molar-refractivity contribution in [3.63, 3.8) is 0 Å². The van der Waals surface area contributed by atoms with Crippen LogP contribution in [0.2, 0.25) is 0 Å². The van der Waals surface area contributed by atoms with Gasteiger partial charge in [-0.05, 0) is 33.4 Å². The van der Waals surface area contributed by atoms with Gasteiger partial charge in [0.15, 0.2) is 0 Å². The number of amides is 1. The van der Waals surface area contributed by atoms with Gasteiger partial charge in [-0.15, -0.1) is 0 Å². The number of ether oxygens (including phenoxy) is 1. The van der Waals surface area contributed by atoms with Crippen LogP contribution in [0.3, 0.4) is 0 Å². The van der Waals surface area contributed by atoms with Gasteiger partial charge in [0.2, 0.25) is 0 Å². The topological polar surface area (TPSA) is 47.4 Å². The fourth-order valence-electron chi connectivity index (χ4n) is 2.54. The predicted molar refractivity (Wildman–Crippen MR) is 85.8 cm³/mol. The highest BCUT2D eigenvalue weighted by molar-refractivity contribution is 7.98. The molecule has 1 unspecified atom stereocenters. The van der Waals surface area contributed by atoms with Crippen LogP contribution in [-0.2, 0) is 11.3 Å². The van der Waals surface area contributed by atoms with Gasteiger partial charge in [0.05, 0.1) is 6.33 Å². The molecule has 0 aliphatic carbocycles. The molecule has 1 aliphatic rings. The molecule has 0 aromatic carbocycles. The maximum absolute atomic E-state index is 12.1. The van der Waals surface area contributed by atoms with E-state index in [1.54, 1.807) is 0 Å². The Morgan fingerprint density at radius 2 is 2.29 bits per heavy atom.